The summed E-state index contributed by atoms with van der Waals surface area (Å²) in [6, 6.07) is 1.82. The number of carbonyl (C=O) groups excluding carboxylic acids is 1. The van der Waals surface area contributed by atoms with Gasteiger partial charge in [0.2, 0.25) is 0 Å². The summed E-state index contributed by atoms with van der Waals surface area (Å²) in [5, 5.41) is 0. The monoisotopic (exact) mass is 304 g/mol. The summed E-state index contributed by atoms with van der Waals surface area (Å²) in [6.07, 6.45) is 2.68. The summed E-state index contributed by atoms with van der Waals surface area (Å²) in [5.74, 6) is 1.94. The summed E-state index contributed by atoms with van der Waals surface area (Å²) in [5.41, 5.74) is 0.498. The van der Waals surface area contributed by atoms with Crippen molar-refractivity contribution in [3.8, 4) is 0 Å². The topological polar surface area (TPSA) is 58.6 Å². The first-order valence-corrected chi connectivity index (χ1v) is 8.07. The molecule has 0 spiro atoms. The van der Waals surface area contributed by atoms with E-state index in [1.807, 2.05) is 11.0 Å². The summed E-state index contributed by atoms with van der Waals surface area (Å²) >= 11 is 0. The molecule has 2 fully saturated rings. The van der Waals surface area contributed by atoms with Gasteiger partial charge in [-0.15, -0.1) is 0 Å². The maximum absolute atomic E-state index is 12.7. The van der Waals surface area contributed by atoms with Crippen LogP contribution in [0.3, 0.4) is 0 Å². The summed E-state index contributed by atoms with van der Waals surface area (Å²) in [6.45, 7) is 9.07. The van der Waals surface area contributed by atoms with Gasteiger partial charge in [-0.2, -0.15) is 0 Å². The van der Waals surface area contributed by atoms with Gasteiger partial charge in [0.15, 0.2) is 0 Å². The van der Waals surface area contributed by atoms with Crippen LogP contribution in [0, 0.1) is 11.8 Å². The minimum absolute atomic E-state index is 0.0234. The molecule has 2 aliphatic heterocycles. The van der Waals surface area contributed by atoms with E-state index in [1.165, 1.54) is 12.7 Å². The first-order valence-electron chi connectivity index (χ1n) is 8.07. The quantitative estimate of drug-likeness (QED) is 0.827. The molecule has 120 valence electrons. The fourth-order valence-corrected chi connectivity index (χ4v) is 3.42. The molecule has 2 aliphatic rings. The number of amides is 1. The number of hydrogen-bond donors (Lipinski definition) is 0. The second-order valence-corrected chi connectivity index (χ2v) is 6.52. The van der Waals surface area contributed by atoms with Crippen LogP contribution in [-0.2, 0) is 4.74 Å². The Hall–Kier alpha value is -1.69. The number of likely N-dealkylation sites (tertiary alicyclic amines) is 1. The second kappa shape index (κ2) is 6.60. The molecule has 0 radical (unpaired) electrons. The lowest BCUT2D eigenvalue weighted by Crippen LogP contribution is -2.43. The second-order valence-electron chi connectivity index (χ2n) is 6.52. The van der Waals surface area contributed by atoms with Gasteiger partial charge in [-0.1, -0.05) is 13.8 Å². The Kier molecular flexibility index (Phi) is 4.57. The molecule has 6 nitrogen and oxygen atoms in total. The van der Waals surface area contributed by atoms with Crippen molar-refractivity contribution in [2.45, 2.75) is 20.3 Å². The van der Waals surface area contributed by atoms with Crippen LogP contribution in [0.2, 0.25) is 0 Å². The smallest absolute Gasteiger partial charge is 0.272 e. The van der Waals surface area contributed by atoms with Crippen molar-refractivity contribution in [1.82, 2.24) is 14.9 Å². The maximum atomic E-state index is 12.7. The predicted octanol–water partition coefficient (Wildman–Crippen LogP) is 1.43. The van der Waals surface area contributed by atoms with Crippen LogP contribution in [0.15, 0.2) is 12.4 Å². The van der Waals surface area contributed by atoms with Crippen molar-refractivity contribution >= 4 is 11.7 Å². The predicted molar refractivity (Wildman–Crippen MR) is 83.9 cm³/mol. The third-order valence-electron chi connectivity index (χ3n) is 4.36. The van der Waals surface area contributed by atoms with E-state index in [0.29, 0.717) is 30.7 Å². The molecule has 22 heavy (non-hydrogen) atoms. The van der Waals surface area contributed by atoms with Gasteiger partial charge in [-0.25, -0.2) is 9.97 Å². The Labute approximate surface area is 131 Å². The van der Waals surface area contributed by atoms with Crippen molar-refractivity contribution in [3.63, 3.8) is 0 Å². The van der Waals surface area contributed by atoms with Crippen molar-refractivity contribution < 1.29 is 9.53 Å². The molecular formula is C16H24N4O2. The Morgan fingerprint density at radius 3 is 2.55 bits per heavy atom. The molecule has 3 heterocycles. The number of nitrogens with zero attached hydrogens (tertiary/aromatic N) is 4. The summed E-state index contributed by atoms with van der Waals surface area (Å²) < 4.78 is 5.36. The third-order valence-corrected chi connectivity index (χ3v) is 4.36. The first-order chi connectivity index (χ1) is 10.6. The number of rotatable bonds is 2. The number of piperidine rings is 1. The van der Waals surface area contributed by atoms with Gasteiger partial charge in [0.1, 0.15) is 17.8 Å². The molecule has 6 heteroatoms. The maximum Gasteiger partial charge on any atom is 0.272 e. The largest absolute Gasteiger partial charge is 0.378 e. The average Bonchev–Trinajstić information content (AvgIpc) is 2.54. The van der Waals surface area contributed by atoms with E-state index in [9.17, 15) is 4.79 Å². The van der Waals surface area contributed by atoms with Crippen LogP contribution < -0.4 is 4.90 Å². The zero-order chi connectivity index (χ0) is 15.5. The van der Waals surface area contributed by atoms with E-state index in [-0.39, 0.29) is 5.91 Å². The number of hydrogen-bond acceptors (Lipinski definition) is 5. The SMILES string of the molecule is CC1CC(C)CN(C(=O)c2cc(N3CCOCC3)ncn2)C1. The molecular weight excluding hydrogens is 280 g/mol. The van der Waals surface area contributed by atoms with Crippen molar-refractivity contribution in [3.05, 3.63) is 18.1 Å². The Morgan fingerprint density at radius 1 is 1.18 bits per heavy atom. The van der Waals surface area contributed by atoms with Gasteiger partial charge in [-0.05, 0) is 18.3 Å². The lowest BCUT2D eigenvalue weighted by atomic mass is 9.92. The van der Waals surface area contributed by atoms with Crippen molar-refractivity contribution in [1.29, 1.82) is 0 Å². The van der Waals surface area contributed by atoms with Gasteiger partial charge < -0.3 is 14.5 Å². The zero-order valence-corrected chi connectivity index (χ0v) is 13.4. The van der Waals surface area contributed by atoms with Gasteiger partial charge in [0.25, 0.3) is 5.91 Å². The fraction of sp³-hybridized carbons (Fsp3) is 0.688. The van der Waals surface area contributed by atoms with Gasteiger partial charge in [0, 0.05) is 32.2 Å². The highest BCUT2D eigenvalue weighted by molar-refractivity contribution is 5.93. The van der Waals surface area contributed by atoms with E-state index >= 15 is 0 Å². The number of morpholine rings is 1. The summed E-state index contributed by atoms with van der Waals surface area (Å²) in [4.78, 5) is 25.3. The van der Waals surface area contributed by atoms with Crippen molar-refractivity contribution in [2.24, 2.45) is 11.8 Å². The average molecular weight is 304 g/mol. The molecule has 0 saturated carbocycles. The highest BCUT2D eigenvalue weighted by Gasteiger charge is 2.27. The Balaban J connectivity index is 1.74. The van der Waals surface area contributed by atoms with Crippen LogP contribution in [0.25, 0.3) is 0 Å². The van der Waals surface area contributed by atoms with E-state index in [4.69, 9.17) is 4.74 Å². The zero-order valence-electron chi connectivity index (χ0n) is 13.4. The Bertz CT molecular complexity index is 521. The minimum atomic E-state index is 0.0234. The fourth-order valence-electron chi connectivity index (χ4n) is 3.42. The van der Waals surface area contributed by atoms with Crippen molar-refractivity contribution in [2.75, 3.05) is 44.3 Å². The first kappa shape index (κ1) is 15.2. The van der Waals surface area contributed by atoms with Gasteiger partial charge >= 0.3 is 0 Å². The van der Waals surface area contributed by atoms with Gasteiger partial charge in [-0.3, -0.25) is 4.79 Å². The molecule has 2 atom stereocenters. The van der Waals surface area contributed by atoms with E-state index in [1.54, 1.807) is 0 Å². The van der Waals surface area contributed by atoms with Crippen LogP contribution in [0.1, 0.15) is 30.8 Å². The third kappa shape index (κ3) is 3.38. The van der Waals surface area contributed by atoms with E-state index < -0.39 is 0 Å². The molecule has 1 aromatic heterocycles. The molecule has 1 amide bonds. The van der Waals surface area contributed by atoms with E-state index in [2.05, 4.69) is 28.7 Å². The van der Waals surface area contributed by atoms with Crippen LogP contribution in [-0.4, -0.2) is 60.2 Å². The minimum Gasteiger partial charge on any atom is -0.378 e. The lowest BCUT2D eigenvalue weighted by molar-refractivity contribution is 0.0617. The molecule has 0 aromatic carbocycles. The summed E-state index contributed by atoms with van der Waals surface area (Å²) in [7, 11) is 0. The van der Waals surface area contributed by atoms with E-state index in [0.717, 1.165) is 32.0 Å². The Morgan fingerprint density at radius 2 is 1.86 bits per heavy atom. The molecule has 0 N–H and O–H groups in total. The molecule has 2 saturated heterocycles. The molecule has 0 bridgehead atoms. The number of carbonyl (C=O) groups is 1. The van der Waals surface area contributed by atoms with Crippen LogP contribution in [0.4, 0.5) is 5.82 Å². The molecule has 3 rings (SSSR count). The normalized spacial score (nSPS) is 26.1. The highest BCUT2D eigenvalue weighted by Crippen LogP contribution is 2.23. The standard InChI is InChI=1S/C16H24N4O2/c1-12-7-13(2)10-20(9-12)16(21)14-8-15(18-11-17-14)19-3-5-22-6-4-19/h8,11-13H,3-7,9-10H2,1-2H3. The van der Waals surface area contributed by atoms with Gasteiger partial charge in [0.05, 0.1) is 13.2 Å². The number of aromatic nitrogens is 2. The van der Waals surface area contributed by atoms with Crippen LogP contribution in [0.5, 0.6) is 0 Å². The lowest BCUT2D eigenvalue weighted by Gasteiger charge is -2.35. The number of ether oxygens (including phenoxy) is 1. The molecule has 1 aromatic rings. The molecule has 0 aliphatic carbocycles. The van der Waals surface area contributed by atoms with Crippen LogP contribution >= 0.6 is 0 Å². The molecule has 2 unspecified atom stereocenters. The number of anilines is 1. The highest BCUT2D eigenvalue weighted by atomic mass is 16.5.